The Morgan fingerprint density at radius 1 is 0.762 bits per heavy atom. The number of unbranched alkanes of at least 4 members (excludes halogenated alkanes) is 5. The fourth-order valence-electron chi connectivity index (χ4n) is 5.90. The number of carbonyl (C=O) groups excluding carboxylic acids is 1. The van der Waals surface area contributed by atoms with E-state index in [4.69, 9.17) is 9.72 Å². The minimum Gasteiger partial charge on any atom is -0.423 e. The van der Waals surface area contributed by atoms with Gasteiger partial charge in [-0.3, -0.25) is 4.57 Å². The average molecular weight is 553 g/mol. The normalized spacial score (nSPS) is 11.4. The number of nitrogens with zero attached hydrogens (tertiary/aromatic N) is 2. The van der Waals surface area contributed by atoms with Crippen molar-refractivity contribution in [2.24, 2.45) is 0 Å². The van der Waals surface area contributed by atoms with Crippen molar-refractivity contribution in [3.8, 4) is 22.8 Å². The maximum atomic E-state index is 11.8. The molecule has 1 aromatic heterocycles. The molecule has 0 saturated heterocycles. The molecule has 0 aliphatic heterocycles. The molecule has 4 nitrogen and oxygen atoms in total. The van der Waals surface area contributed by atoms with Gasteiger partial charge in [0.15, 0.2) is 0 Å². The number of fused-ring (bicyclic) bond motifs is 6. The Morgan fingerprint density at radius 2 is 1.38 bits per heavy atom. The summed E-state index contributed by atoms with van der Waals surface area (Å²) in [5, 5.41) is 4.66. The third-order valence-electron chi connectivity index (χ3n) is 8.04. The fourth-order valence-corrected chi connectivity index (χ4v) is 5.90. The van der Waals surface area contributed by atoms with Crippen LogP contribution < -0.4 is 4.74 Å². The first-order chi connectivity index (χ1) is 20.7. The van der Waals surface area contributed by atoms with Gasteiger partial charge in [0.25, 0.3) is 0 Å². The Bertz CT molecular complexity index is 1860. The highest BCUT2D eigenvalue weighted by atomic mass is 16.5. The van der Waals surface area contributed by atoms with Crippen LogP contribution in [0.2, 0.25) is 0 Å². The fraction of sp³-hybridized carbons (Fsp3) is 0.211. The molecule has 0 aliphatic carbocycles. The molecule has 42 heavy (non-hydrogen) atoms. The number of ether oxygens (including phenoxy) is 1. The van der Waals surface area contributed by atoms with Crippen molar-refractivity contribution in [3.63, 3.8) is 0 Å². The smallest absolute Gasteiger partial charge is 0.335 e. The van der Waals surface area contributed by atoms with Gasteiger partial charge in [-0.05, 0) is 53.4 Å². The topological polar surface area (TPSA) is 44.1 Å². The van der Waals surface area contributed by atoms with Crippen molar-refractivity contribution in [3.05, 3.63) is 115 Å². The molecule has 210 valence electrons. The van der Waals surface area contributed by atoms with Crippen LogP contribution in [-0.4, -0.2) is 15.5 Å². The molecule has 4 heteroatoms. The largest absolute Gasteiger partial charge is 0.423 e. The summed E-state index contributed by atoms with van der Waals surface area (Å²) in [6, 6.07) is 33.5. The zero-order valence-electron chi connectivity index (χ0n) is 24.2. The minimum atomic E-state index is -0.477. The minimum absolute atomic E-state index is 0.476. The highest BCUT2D eigenvalue weighted by Crippen LogP contribution is 2.39. The summed E-state index contributed by atoms with van der Waals surface area (Å²) in [5.74, 6) is 0.882. The summed E-state index contributed by atoms with van der Waals surface area (Å²) in [6.07, 6.45) is 10.1. The van der Waals surface area contributed by atoms with E-state index < -0.39 is 5.97 Å². The molecule has 5 aromatic carbocycles. The van der Waals surface area contributed by atoms with E-state index >= 15 is 0 Å². The first-order valence-electron chi connectivity index (χ1n) is 15.0. The van der Waals surface area contributed by atoms with Gasteiger partial charge in [-0.15, -0.1) is 0 Å². The molecular weight excluding hydrogens is 516 g/mol. The van der Waals surface area contributed by atoms with Crippen molar-refractivity contribution in [1.29, 1.82) is 0 Å². The van der Waals surface area contributed by atoms with E-state index in [2.05, 4.69) is 90.9 Å². The molecule has 0 bridgehead atoms. The van der Waals surface area contributed by atoms with Crippen molar-refractivity contribution in [2.45, 2.75) is 51.9 Å². The van der Waals surface area contributed by atoms with Crippen LogP contribution in [0.4, 0.5) is 0 Å². The molecule has 0 unspecified atom stereocenters. The molecule has 0 radical (unpaired) electrons. The zero-order valence-corrected chi connectivity index (χ0v) is 24.2. The van der Waals surface area contributed by atoms with Crippen molar-refractivity contribution in [2.75, 3.05) is 0 Å². The van der Waals surface area contributed by atoms with Gasteiger partial charge in [-0.1, -0.05) is 118 Å². The predicted molar refractivity (Wildman–Crippen MR) is 174 cm³/mol. The first-order valence-corrected chi connectivity index (χ1v) is 15.0. The summed E-state index contributed by atoms with van der Waals surface area (Å²) in [6.45, 7) is 5.76. The maximum absolute atomic E-state index is 11.8. The van der Waals surface area contributed by atoms with E-state index in [0.717, 1.165) is 45.3 Å². The molecule has 1 heterocycles. The molecule has 0 N–H and O–H groups in total. The van der Waals surface area contributed by atoms with Crippen molar-refractivity contribution < 1.29 is 9.53 Å². The zero-order chi connectivity index (χ0) is 28.9. The Labute approximate surface area is 247 Å². The molecule has 0 fully saturated rings. The highest BCUT2D eigenvalue weighted by Gasteiger charge is 2.20. The van der Waals surface area contributed by atoms with E-state index in [9.17, 15) is 4.79 Å². The van der Waals surface area contributed by atoms with E-state index in [-0.39, 0.29) is 0 Å². The summed E-state index contributed by atoms with van der Waals surface area (Å²) >= 11 is 0. The molecule has 6 rings (SSSR count). The number of rotatable bonds is 11. The van der Waals surface area contributed by atoms with E-state index in [0.29, 0.717) is 5.75 Å². The molecule has 6 aromatic rings. The van der Waals surface area contributed by atoms with Crippen LogP contribution in [0.25, 0.3) is 49.7 Å². The van der Waals surface area contributed by atoms with E-state index in [1.54, 1.807) is 0 Å². The predicted octanol–water partition coefficient (Wildman–Crippen LogP) is 9.99. The first kappa shape index (κ1) is 27.5. The highest BCUT2D eigenvalue weighted by molar-refractivity contribution is 6.24. The van der Waals surface area contributed by atoms with Crippen molar-refractivity contribution in [1.82, 2.24) is 9.55 Å². The molecule has 0 aliphatic rings. The second kappa shape index (κ2) is 12.4. The van der Waals surface area contributed by atoms with Crippen LogP contribution in [0, 0.1) is 0 Å². The SMILES string of the molecule is C=CC(=O)Oc1ccc(-n2c(-c3ccc(CCCCCCCC)cc3)nc3c4ccccc4c4ccccc4c32)cc1. The number of esters is 1. The Balaban J connectivity index is 1.47. The number of aryl methyl sites for hydroxylation is 1. The van der Waals surface area contributed by atoms with Gasteiger partial charge in [0, 0.05) is 28.1 Å². The number of hydrogen-bond donors (Lipinski definition) is 0. The quantitative estimate of drug-likeness (QED) is 0.0528. The number of imidazole rings is 1. The molecular formula is C38H36N2O2. The Hall–Kier alpha value is -4.70. The maximum Gasteiger partial charge on any atom is 0.335 e. The van der Waals surface area contributed by atoms with Gasteiger partial charge < -0.3 is 4.74 Å². The van der Waals surface area contributed by atoms with Crippen molar-refractivity contribution >= 4 is 38.5 Å². The molecule has 0 saturated carbocycles. The third kappa shape index (κ3) is 5.45. The lowest BCUT2D eigenvalue weighted by Gasteiger charge is -2.13. The standard InChI is InChI=1S/C38H36N2O2/c1-3-5-6-7-8-9-14-27-19-21-28(22-20-27)38-39-36-33-17-12-10-15-31(33)32-16-11-13-18-34(32)37(36)40(38)29-23-25-30(26-24-29)42-35(41)4-2/h4,10-13,15-26H,2-3,5-9,14H2,1H3. The van der Waals surface area contributed by atoms with Crippen LogP contribution in [0.5, 0.6) is 5.75 Å². The van der Waals surface area contributed by atoms with Crippen LogP contribution in [-0.2, 0) is 11.2 Å². The number of carbonyl (C=O) groups is 1. The van der Waals surface area contributed by atoms with Crippen LogP contribution >= 0.6 is 0 Å². The Morgan fingerprint density at radius 3 is 2.07 bits per heavy atom. The van der Waals surface area contributed by atoms with Gasteiger partial charge in [0.05, 0.1) is 11.0 Å². The summed E-state index contributed by atoms with van der Waals surface area (Å²) in [7, 11) is 0. The van der Waals surface area contributed by atoms with Gasteiger partial charge >= 0.3 is 5.97 Å². The summed E-state index contributed by atoms with van der Waals surface area (Å²) in [5.41, 5.74) is 5.40. The van der Waals surface area contributed by atoms with Gasteiger partial charge in [-0.2, -0.15) is 0 Å². The van der Waals surface area contributed by atoms with Gasteiger partial charge in [-0.25, -0.2) is 9.78 Å². The molecule has 0 amide bonds. The molecule has 0 spiro atoms. The van der Waals surface area contributed by atoms with Crippen LogP contribution in [0.1, 0.15) is 51.0 Å². The average Bonchev–Trinajstić information content (AvgIpc) is 3.44. The lowest BCUT2D eigenvalue weighted by atomic mass is 10.00. The second-order valence-corrected chi connectivity index (χ2v) is 10.9. The Kier molecular flexibility index (Phi) is 8.14. The number of hydrogen-bond acceptors (Lipinski definition) is 3. The van der Waals surface area contributed by atoms with E-state index in [1.807, 2.05) is 24.3 Å². The number of benzene rings is 5. The summed E-state index contributed by atoms with van der Waals surface area (Å²) < 4.78 is 7.60. The molecule has 0 atom stereocenters. The number of aromatic nitrogens is 2. The van der Waals surface area contributed by atoms with Gasteiger partial charge in [0.1, 0.15) is 11.6 Å². The second-order valence-electron chi connectivity index (χ2n) is 10.9. The van der Waals surface area contributed by atoms with E-state index in [1.165, 1.54) is 60.9 Å². The third-order valence-corrected chi connectivity index (χ3v) is 8.04. The summed E-state index contributed by atoms with van der Waals surface area (Å²) in [4.78, 5) is 17.1. The lowest BCUT2D eigenvalue weighted by molar-refractivity contribution is -0.128. The monoisotopic (exact) mass is 552 g/mol. The lowest BCUT2D eigenvalue weighted by Crippen LogP contribution is -2.03. The van der Waals surface area contributed by atoms with Gasteiger partial charge in [0.2, 0.25) is 0 Å². The van der Waals surface area contributed by atoms with Crippen LogP contribution in [0.15, 0.2) is 110 Å². The van der Waals surface area contributed by atoms with Crippen LogP contribution in [0.3, 0.4) is 0 Å².